The fourth-order valence-electron chi connectivity index (χ4n) is 2.10. The highest BCUT2D eigenvalue weighted by atomic mass is 32.1. The van der Waals surface area contributed by atoms with Crippen molar-refractivity contribution in [1.82, 2.24) is 10.2 Å². The van der Waals surface area contributed by atoms with Gasteiger partial charge in [-0.05, 0) is 35.7 Å². The van der Waals surface area contributed by atoms with Crippen molar-refractivity contribution in [2.24, 2.45) is 0 Å². The zero-order valence-electron chi connectivity index (χ0n) is 13.4. The lowest BCUT2D eigenvalue weighted by atomic mass is 10.1. The summed E-state index contributed by atoms with van der Waals surface area (Å²) in [6.07, 6.45) is 0.230. The summed E-state index contributed by atoms with van der Waals surface area (Å²) in [4.78, 5) is 25.1. The second kappa shape index (κ2) is 8.00. The lowest BCUT2D eigenvalue weighted by Gasteiger charge is -2.03. The van der Waals surface area contributed by atoms with Crippen molar-refractivity contribution in [3.63, 3.8) is 0 Å². The zero-order valence-corrected chi connectivity index (χ0v) is 15.0. The van der Waals surface area contributed by atoms with Crippen molar-refractivity contribution in [2.75, 3.05) is 12.4 Å². The number of aromatic nitrogens is 2. The number of Topliss-reactive ketones (excluding diaryl/α,β-unsaturated/α-hetero) is 1. The molecule has 0 bridgehead atoms. The van der Waals surface area contributed by atoms with Gasteiger partial charge in [0.1, 0.15) is 5.75 Å². The summed E-state index contributed by atoms with van der Waals surface area (Å²) in [5.74, 6) is 0.345. The molecule has 3 aromatic rings. The molecular formula is C17H15N3O3S2. The Morgan fingerprint density at radius 1 is 1.12 bits per heavy atom. The molecule has 6 nitrogen and oxygen atoms in total. The van der Waals surface area contributed by atoms with Crippen LogP contribution in [0.25, 0.3) is 9.88 Å². The molecule has 0 aliphatic carbocycles. The molecule has 1 N–H and O–H groups in total. The Bertz CT molecular complexity index is 858. The van der Waals surface area contributed by atoms with E-state index in [2.05, 4.69) is 15.5 Å². The first-order valence-corrected chi connectivity index (χ1v) is 9.20. The lowest BCUT2D eigenvalue weighted by Crippen LogP contribution is -2.13. The van der Waals surface area contributed by atoms with E-state index in [0.29, 0.717) is 16.4 Å². The van der Waals surface area contributed by atoms with Crippen LogP contribution in [0.1, 0.15) is 23.2 Å². The van der Waals surface area contributed by atoms with E-state index in [4.69, 9.17) is 4.74 Å². The first-order valence-electron chi connectivity index (χ1n) is 7.50. The van der Waals surface area contributed by atoms with E-state index in [1.165, 1.54) is 11.3 Å². The highest BCUT2D eigenvalue weighted by molar-refractivity contribution is 7.23. The van der Waals surface area contributed by atoms with Crippen molar-refractivity contribution < 1.29 is 14.3 Å². The van der Waals surface area contributed by atoms with Crippen LogP contribution in [-0.2, 0) is 4.79 Å². The van der Waals surface area contributed by atoms with Gasteiger partial charge in [0.2, 0.25) is 11.0 Å². The average molecular weight is 373 g/mol. The van der Waals surface area contributed by atoms with E-state index >= 15 is 0 Å². The maximum absolute atomic E-state index is 12.1. The van der Waals surface area contributed by atoms with Crippen molar-refractivity contribution in [1.29, 1.82) is 0 Å². The van der Waals surface area contributed by atoms with Crippen molar-refractivity contribution in [2.45, 2.75) is 12.8 Å². The van der Waals surface area contributed by atoms with Gasteiger partial charge in [0.05, 0.1) is 12.0 Å². The number of benzene rings is 1. The number of methoxy groups -OCH3 is 1. The lowest BCUT2D eigenvalue weighted by molar-refractivity contribution is -0.116. The molecular weight excluding hydrogens is 358 g/mol. The first-order chi connectivity index (χ1) is 12.2. The maximum atomic E-state index is 12.1. The van der Waals surface area contributed by atoms with Gasteiger partial charge in [0, 0.05) is 18.4 Å². The third kappa shape index (κ3) is 4.49. The molecule has 0 fully saturated rings. The number of carbonyl (C=O) groups excluding carboxylic acids is 2. The molecule has 1 amide bonds. The van der Waals surface area contributed by atoms with E-state index in [-0.39, 0.29) is 24.5 Å². The Hall–Kier alpha value is -2.58. The van der Waals surface area contributed by atoms with Gasteiger partial charge < -0.3 is 10.1 Å². The fraction of sp³-hybridized carbons (Fsp3) is 0.176. The van der Waals surface area contributed by atoms with E-state index in [1.54, 1.807) is 42.7 Å². The minimum absolute atomic E-state index is 0.0886. The fourth-order valence-corrected chi connectivity index (χ4v) is 3.66. The van der Waals surface area contributed by atoms with Gasteiger partial charge in [-0.25, -0.2) is 0 Å². The number of ether oxygens (including phenoxy) is 1. The Labute approximate surface area is 152 Å². The molecule has 2 aromatic heterocycles. The molecule has 0 saturated heterocycles. The van der Waals surface area contributed by atoms with Gasteiger partial charge in [-0.3, -0.25) is 9.59 Å². The number of anilines is 1. The van der Waals surface area contributed by atoms with Crippen LogP contribution >= 0.6 is 22.7 Å². The number of nitrogens with one attached hydrogen (secondary N) is 1. The number of nitrogens with zero attached hydrogens (tertiary/aromatic N) is 2. The predicted molar refractivity (Wildman–Crippen MR) is 98.4 cm³/mol. The van der Waals surface area contributed by atoms with Gasteiger partial charge in [-0.1, -0.05) is 17.4 Å². The molecule has 1 aromatic carbocycles. The summed E-state index contributed by atoms with van der Waals surface area (Å²) in [6, 6.07) is 10.7. The predicted octanol–water partition coefficient (Wildman–Crippen LogP) is 3.88. The Balaban J connectivity index is 1.51. The van der Waals surface area contributed by atoms with Gasteiger partial charge in [-0.2, -0.15) is 0 Å². The summed E-state index contributed by atoms with van der Waals surface area (Å²) in [5.41, 5.74) is 0.560. The number of ketones is 1. The van der Waals surface area contributed by atoms with E-state index < -0.39 is 0 Å². The normalized spacial score (nSPS) is 10.4. The smallest absolute Gasteiger partial charge is 0.226 e. The number of amides is 1. The SMILES string of the molecule is COc1ccc(C(=O)CCC(=O)Nc2nnc(-c3cccs3)s2)cc1. The average Bonchev–Trinajstić information content (AvgIpc) is 3.31. The Morgan fingerprint density at radius 2 is 1.92 bits per heavy atom. The standard InChI is InChI=1S/C17H15N3O3S2/c1-23-12-6-4-11(5-7-12)13(21)8-9-15(22)18-17-20-19-16(25-17)14-3-2-10-24-14/h2-7,10H,8-9H2,1H3,(H,18,20,22). The molecule has 8 heteroatoms. The van der Waals surface area contributed by atoms with E-state index in [0.717, 1.165) is 9.88 Å². The van der Waals surface area contributed by atoms with Crippen LogP contribution in [0.2, 0.25) is 0 Å². The minimum atomic E-state index is -0.254. The monoisotopic (exact) mass is 373 g/mol. The number of rotatable bonds is 7. The van der Waals surface area contributed by atoms with Crippen molar-refractivity contribution in [3.05, 3.63) is 47.3 Å². The second-order valence-corrected chi connectivity index (χ2v) is 7.01. The molecule has 0 radical (unpaired) electrons. The molecule has 0 aliphatic rings. The van der Waals surface area contributed by atoms with Crippen LogP contribution in [0.4, 0.5) is 5.13 Å². The van der Waals surface area contributed by atoms with Crippen LogP contribution in [-0.4, -0.2) is 29.0 Å². The molecule has 2 heterocycles. The molecule has 0 spiro atoms. The second-order valence-electron chi connectivity index (χ2n) is 5.09. The molecule has 0 atom stereocenters. The third-order valence-corrected chi connectivity index (χ3v) is 5.27. The number of hydrogen-bond acceptors (Lipinski definition) is 7. The molecule has 0 saturated carbocycles. The van der Waals surface area contributed by atoms with Crippen LogP contribution in [0.5, 0.6) is 5.75 Å². The highest BCUT2D eigenvalue weighted by Gasteiger charge is 2.13. The molecule has 128 valence electrons. The first kappa shape index (κ1) is 17.2. The summed E-state index contributed by atoms with van der Waals surface area (Å²) in [6.45, 7) is 0. The van der Waals surface area contributed by atoms with Crippen LogP contribution in [0.3, 0.4) is 0 Å². The molecule has 0 aliphatic heterocycles. The van der Waals surface area contributed by atoms with E-state index in [9.17, 15) is 9.59 Å². The number of hydrogen-bond donors (Lipinski definition) is 1. The van der Waals surface area contributed by atoms with Crippen LogP contribution < -0.4 is 10.1 Å². The van der Waals surface area contributed by atoms with Gasteiger partial charge >= 0.3 is 0 Å². The number of thiophene rings is 1. The molecule has 0 unspecified atom stereocenters. The van der Waals surface area contributed by atoms with Gasteiger partial charge in [-0.15, -0.1) is 21.5 Å². The molecule has 25 heavy (non-hydrogen) atoms. The Kier molecular flexibility index (Phi) is 5.52. The summed E-state index contributed by atoms with van der Waals surface area (Å²) in [7, 11) is 1.57. The zero-order chi connectivity index (χ0) is 17.6. The highest BCUT2D eigenvalue weighted by Crippen LogP contribution is 2.29. The topological polar surface area (TPSA) is 81.2 Å². The maximum Gasteiger partial charge on any atom is 0.226 e. The number of carbonyl (C=O) groups is 2. The van der Waals surface area contributed by atoms with Crippen molar-refractivity contribution >= 4 is 39.5 Å². The van der Waals surface area contributed by atoms with Gasteiger partial charge in [0.25, 0.3) is 0 Å². The van der Waals surface area contributed by atoms with Crippen LogP contribution in [0.15, 0.2) is 41.8 Å². The Morgan fingerprint density at radius 3 is 2.60 bits per heavy atom. The third-order valence-electron chi connectivity index (χ3n) is 3.39. The quantitative estimate of drug-likeness (QED) is 0.636. The van der Waals surface area contributed by atoms with Crippen LogP contribution in [0, 0.1) is 0 Å². The summed E-state index contributed by atoms with van der Waals surface area (Å²) < 4.78 is 5.06. The van der Waals surface area contributed by atoms with Gasteiger partial charge in [0.15, 0.2) is 10.8 Å². The van der Waals surface area contributed by atoms with Crippen molar-refractivity contribution in [3.8, 4) is 15.6 Å². The summed E-state index contributed by atoms with van der Waals surface area (Å²) >= 11 is 2.88. The summed E-state index contributed by atoms with van der Waals surface area (Å²) in [5, 5.41) is 13.9. The van der Waals surface area contributed by atoms with E-state index in [1.807, 2.05) is 17.5 Å². The molecule has 3 rings (SSSR count). The minimum Gasteiger partial charge on any atom is -0.497 e. The largest absolute Gasteiger partial charge is 0.497 e.